The molecule has 0 bridgehead atoms. The Labute approximate surface area is 232 Å². The number of aromatic nitrogens is 4. The topological polar surface area (TPSA) is 60.7 Å². The normalized spacial score (nSPS) is 14.2. The lowest BCUT2D eigenvalue weighted by Crippen LogP contribution is -2.20. The van der Waals surface area contributed by atoms with Gasteiger partial charge in [0.1, 0.15) is 11.6 Å². The van der Waals surface area contributed by atoms with Crippen LogP contribution >= 0.6 is 11.6 Å². The maximum atomic E-state index is 14.0. The molecule has 208 valence electrons. The Morgan fingerprint density at radius 2 is 1.65 bits per heavy atom. The van der Waals surface area contributed by atoms with Crippen LogP contribution in [0, 0.1) is 11.6 Å². The molecule has 4 aromatic rings. The van der Waals surface area contributed by atoms with Gasteiger partial charge in [0.25, 0.3) is 0 Å². The molecule has 0 amide bonds. The van der Waals surface area contributed by atoms with Gasteiger partial charge in [-0.2, -0.15) is 18.3 Å². The van der Waals surface area contributed by atoms with Gasteiger partial charge in [-0.1, -0.05) is 23.7 Å². The highest BCUT2D eigenvalue weighted by atomic mass is 35.5. The lowest BCUT2D eigenvalue weighted by molar-refractivity contribution is -0.142. The minimum atomic E-state index is -4.62. The van der Waals surface area contributed by atoms with Gasteiger partial charge in [-0.25, -0.2) is 8.78 Å². The SMILES string of the molecule is O=C(CC(Cc1cc(F)cc(F)c1)c1nccnc1-c1ccc(Cl)cc1)Cn1nc(C(F)(F)F)c2c1CCCC2. The molecule has 0 N–H and O–H groups in total. The Kier molecular flexibility index (Phi) is 7.98. The number of fused-ring (bicyclic) bond motifs is 1. The van der Waals surface area contributed by atoms with Crippen molar-refractivity contribution in [3.8, 4) is 11.3 Å². The van der Waals surface area contributed by atoms with Crippen molar-refractivity contribution in [3.05, 3.63) is 99.7 Å². The molecule has 0 saturated carbocycles. The Bertz CT molecular complexity index is 1510. The largest absolute Gasteiger partial charge is 0.435 e. The van der Waals surface area contributed by atoms with Crippen molar-refractivity contribution in [1.29, 1.82) is 0 Å². The summed E-state index contributed by atoms with van der Waals surface area (Å²) in [5.41, 5.74) is 1.49. The third-order valence-electron chi connectivity index (χ3n) is 6.96. The highest BCUT2D eigenvalue weighted by molar-refractivity contribution is 6.30. The van der Waals surface area contributed by atoms with Crippen molar-refractivity contribution in [2.24, 2.45) is 0 Å². The van der Waals surface area contributed by atoms with Gasteiger partial charge in [-0.3, -0.25) is 19.4 Å². The maximum Gasteiger partial charge on any atom is 0.435 e. The summed E-state index contributed by atoms with van der Waals surface area (Å²) in [6.07, 6.45) is 0.217. The van der Waals surface area contributed by atoms with Crippen molar-refractivity contribution >= 4 is 17.4 Å². The average molecular weight is 575 g/mol. The Balaban J connectivity index is 1.49. The summed E-state index contributed by atoms with van der Waals surface area (Å²) >= 11 is 6.03. The third-order valence-corrected chi connectivity index (χ3v) is 7.21. The minimum Gasteiger partial charge on any atom is -0.298 e. The first-order valence-corrected chi connectivity index (χ1v) is 13.2. The van der Waals surface area contributed by atoms with Gasteiger partial charge in [-0.15, -0.1) is 0 Å². The standard InChI is InChI=1S/C29H24ClF5N4O/c30-20-7-5-18(6-8-20)26-27(37-10-9-36-26)19(11-17-12-21(31)15-22(32)13-17)14-23(40)16-39-25-4-2-1-3-24(25)28(38-39)29(33,34)35/h5-10,12-13,15,19H,1-4,11,14,16H2. The fourth-order valence-corrected chi connectivity index (χ4v) is 5.42. The lowest BCUT2D eigenvalue weighted by atomic mass is 9.88. The predicted molar refractivity (Wildman–Crippen MR) is 139 cm³/mol. The van der Waals surface area contributed by atoms with Crippen LogP contribution in [0.15, 0.2) is 54.9 Å². The van der Waals surface area contributed by atoms with Gasteiger partial charge in [0, 0.05) is 52.6 Å². The zero-order chi connectivity index (χ0) is 28.4. The van der Waals surface area contributed by atoms with Gasteiger partial charge in [0.05, 0.1) is 17.9 Å². The van der Waals surface area contributed by atoms with E-state index >= 15 is 0 Å². The Hall–Kier alpha value is -3.66. The van der Waals surface area contributed by atoms with E-state index in [0.717, 1.165) is 10.7 Å². The molecule has 0 aliphatic heterocycles. The number of hydrogen-bond acceptors (Lipinski definition) is 4. The lowest BCUT2D eigenvalue weighted by Gasteiger charge is -2.20. The number of benzene rings is 2. The van der Waals surface area contributed by atoms with E-state index in [2.05, 4.69) is 15.1 Å². The second-order valence-corrected chi connectivity index (χ2v) is 10.3. The fraction of sp³-hybridized carbons (Fsp3) is 0.310. The Morgan fingerprint density at radius 3 is 2.35 bits per heavy atom. The van der Waals surface area contributed by atoms with Crippen molar-refractivity contribution in [3.63, 3.8) is 0 Å². The summed E-state index contributed by atoms with van der Waals surface area (Å²) in [5, 5.41) is 4.31. The zero-order valence-electron chi connectivity index (χ0n) is 21.2. The first-order valence-electron chi connectivity index (χ1n) is 12.8. The van der Waals surface area contributed by atoms with Crippen LogP contribution in [-0.2, 0) is 36.8 Å². The molecule has 1 aliphatic carbocycles. The quantitative estimate of drug-likeness (QED) is 0.210. The molecule has 0 fully saturated rings. The number of carbonyl (C=O) groups excluding carboxylic acids is 1. The van der Waals surface area contributed by atoms with E-state index in [4.69, 9.17) is 11.6 Å². The number of rotatable bonds is 8. The number of Topliss-reactive ketones (excluding diaryl/α,β-unsaturated/α-hetero) is 1. The molecule has 5 nitrogen and oxygen atoms in total. The van der Waals surface area contributed by atoms with Crippen molar-refractivity contribution in [2.45, 2.75) is 57.2 Å². The van der Waals surface area contributed by atoms with Gasteiger partial charge in [0.2, 0.25) is 0 Å². The molecule has 0 saturated heterocycles. The first kappa shape index (κ1) is 27.9. The number of hydrogen-bond donors (Lipinski definition) is 0. The second kappa shape index (κ2) is 11.4. The minimum absolute atomic E-state index is 0.0463. The van der Waals surface area contributed by atoms with Gasteiger partial charge < -0.3 is 0 Å². The number of alkyl halides is 3. The monoisotopic (exact) mass is 574 g/mol. The van der Waals surface area contributed by atoms with E-state index in [1.165, 1.54) is 24.5 Å². The smallest absolute Gasteiger partial charge is 0.298 e. The molecule has 2 heterocycles. The molecular formula is C29H24ClF5N4O. The van der Waals surface area contributed by atoms with Crippen LogP contribution in [0.2, 0.25) is 5.02 Å². The molecule has 2 aromatic carbocycles. The summed E-state index contributed by atoms with van der Waals surface area (Å²) in [6.45, 7) is -0.358. The predicted octanol–water partition coefficient (Wildman–Crippen LogP) is 7.16. The van der Waals surface area contributed by atoms with Gasteiger partial charge in [-0.05, 0) is 61.9 Å². The molecule has 1 aliphatic rings. The van der Waals surface area contributed by atoms with Crippen molar-refractivity contribution < 1.29 is 26.7 Å². The number of nitrogens with zero attached hydrogens (tertiary/aromatic N) is 4. The summed E-state index contributed by atoms with van der Waals surface area (Å²) in [7, 11) is 0. The van der Waals surface area contributed by atoms with Crippen LogP contribution in [0.25, 0.3) is 11.3 Å². The van der Waals surface area contributed by atoms with E-state index < -0.39 is 29.4 Å². The molecule has 5 rings (SSSR count). The molecule has 2 aromatic heterocycles. The van der Waals surface area contributed by atoms with Crippen LogP contribution in [0.5, 0.6) is 0 Å². The van der Waals surface area contributed by atoms with E-state index in [9.17, 15) is 26.7 Å². The highest BCUT2D eigenvalue weighted by Crippen LogP contribution is 2.36. The molecule has 0 radical (unpaired) electrons. The van der Waals surface area contributed by atoms with Crippen LogP contribution < -0.4 is 0 Å². The maximum absolute atomic E-state index is 14.0. The van der Waals surface area contributed by atoms with E-state index in [0.29, 0.717) is 52.5 Å². The molecule has 0 spiro atoms. The summed E-state index contributed by atoms with van der Waals surface area (Å²) in [6, 6.07) is 9.95. The number of ketones is 1. The summed E-state index contributed by atoms with van der Waals surface area (Å²) < 4.78 is 70.2. The van der Waals surface area contributed by atoms with E-state index in [1.807, 2.05) is 0 Å². The zero-order valence-corrected chi connectivity index (χ0v) is 21.9. The van der Waals surface area contributed by atoms with Crippen LogP contribution in [0.1, 0.15) is 53.4 Å². The van der Waals surface area contributed by atoms with Crippen LogP contribution in [-0.4, -0.2) is 25.5 Å². The van der Waals surface area contributed by atoms with Crippen molar-refractivity contribution in [2.75, 3.05) is 0 Å². The Morgan fingerprint density at radius 1 is 0.975 bits per heavy atom. The second-order valence-electron chi connectivity index (χ2n) is 9.85. The summed E-state index contributed by atoms with van der Waals surface area (Å²) in [4.78, 5) is 22.3. The summed E-state index contributed by atoms with van der Waals surface area (Å²) in [5.74, 6) is -2.60. The number of halogens is 6. The van der Waals surface area contributed by atoms with E-state index in [1.54, 1.807) is 24.3 Å². The average Bonchev–Trinajstić information content (AvgIpc) is 3.27. The fourth-order valence-electron chi connectivity index (χ4n) is 5.29. The van der Waals surface area contributed by atoms with Crippen LogP contribution in [0.3, 0.4) is 0 Å². The van der Waals surface area contributed by atoms with Gasteiger partial charge >= 0.3 is 6.18 Å². The van der Waals surface area contributed by atoms with Crippen molar-refractivity contribution in [1.82, 2.24) is 19.7 Å². The first-order chi connectivity index (χ1) is 19.1. The molecule has 40 heavy (non-hydrogen) atoms. The molecule has 1 atom stereocenters. The molecule has 1 unspecified atom stereocenters. The third kappa shape index (κ3) is 6.22. The van der Waals surface area contributed by atoms with Gasteiger partial charge in [0.15, 0.2) is 11.5 Å². The van der Waals surface area contributed by atoms with E-state index in [-0.39, 0.29) is 37.2 Å². The molecular weight excluding hydrogens is 551 g/mol. The highest BCUT2D eigenvalue weighted by Gasteiger charge is 2.39. The number of carbonyl (C=O) groups is 1. The molecule has 11 heteroatoms. The van der Waals surface area contributed by atoms with Crippen LogP contribution in [0.4, 0.5) is 22.0 Å².